The summed E-state index contributed by atoms with van der Waals surface area (Å²) >= 11 is 0. The first-order chi connectivity index (χ1) is 10.2. The van der Waals surface area contributed by atoms with E-state index in [0.29, 0.717) is 18.2 Å². The molecule has 3 nitrogen and oxygen atoms in total. The highest BCUT2D eigenvalue weighted by molar-refractivity contribution is 5.17. The molecular formula is C17H25FN2O. The normalized spacial score (nSPS) is 27.5. The molecule has 4 heteroatoms. The minimum Gasteiger partial charge on any atom is -0.374 e. The van der Waals surface area contributed by atoms with Gasteiger partial charge in [0, 0.05) is 25.2 Å². The van der Waals surface area contributed by atoms with Gasteiger partial charge in [0.2, 0.25) is 0 Å². The highest BCUT2D eigenvalue weighted by Crippen LogP contribution is 2.22. The Morgan fingerprint density at radius 2 is 2.19 bits per heavy atom. The van der Waals surface area contributed by atoms with Crippen LogP contribution >= 0.6 is 0 Å². The predicted octanol–water partition coefficient (Wildman–Crippen LogP) is 2.21. The Bertz CT molecular complexity index is 451. The molecule has 2 aliphatic rings. The van der Waals surface area contributed by atoms with Crippen molar-refractivity contribution in [3.05, 3.63) is 35.6 Å². The minimum absolute atomic E-state index is 0.171. The van der Waals surface area contributed by atoms with Crippen molar-refractivity contribution >= 4 is 0 Å². The van der Waals surface area contributed by atoms with Crippen LogP contribution in [0.1, 0.15) is 25.3 Å². The van der Waals surface area contributed by atoms with Gasteiger partial charge in [-0.2, -0.15) is 0 Å². The Morgan fingerprint density at radius 1 is 1.38 bits per heavy atom. The van der Waals surface area contributed by atoms with Crippen molar-refractivity contribution in [3.8, 4) is 0 Å². The number of halogens is 1. The zero-order chi connectivity index (χ0) is 14.7. The van der Waals surface area contributed by atoms with E-state index in [-0.39, 0.29) is 5.82 Å². The number of benzene rings is 1. The second kappa shape index (κ2) is 6.86. The topological polar surface area (TPSA) is 24.5 Å². The number of morpholine rings is 1. The number of rotatable bonds is 5. The fourth-order valence-corrected chi connectivity index (χ4v) is 3.39. The first-order valence-electron chi connectivity index (χ1n) is 8.04. The molecule has 2 heterocycles. The summed E-state index contributed by atoms with van der Waals surface area (Å²) in [7, 11) is 0. The molecule has 0 bridgehead atoms. The average Bonchev–Trinajstić information content (AvgIpc) is 2.95. The molecule has 3 atom stereocenters. The second-order valence-corrected chi connectivity index (χ2v) is 6.39. The lowest BCUT2D eigenvalue weighted by molar-refractivity contribution is -0.0476. The lowest BCUT2D eigenvalue weighted by atomic mass is 10.1. The number of fused-ring (bicyclic) bond motifs is 1. The largest absolute Gasteiger partial charge is 0.374 e. The maximum absolute atomic E-state index is 12.9. The molecule has 3 rings (SSSR count). The summed E-state index contributed by atoms with van der Waals surface area (Å²) in [5.41, 5.74) is 1.17. The number of ether oxygens (including phenoxy) is 1. The van der Waals surface area contributed by atoms with Crippen LogP contribution in [-0.2, 0) is 11.2 Å². The van der Waals surface area contributed by atoms with Gasteiger partial charge in [0.05, 0.1) is 12.7 Å². The highest BCUT2D eigenvalue weighted by atomic mass is 19.1. The lowest BCUT2D eigenvalue weighted by Gasteiger charge is -2.35. The maximum Gasteiger partial charge on any atom is 0.123 e. The van der Waals surface area contributed by atoms with E-state index in [2.05, 4.69) is 17.1 Å². The number of nitrogens with one attached hydrogen (secondary N) is 1. The van der Waals surface area contributed by atoms with Crippen molar-refractivity contribution in [2.24, 2.45) is 0 Å². The van der Waals surface area contributed by atoms with Gasteiger partial charge < -0.3 is 10.1 Å². The van der Waals surface area contributed by atoms with Crippen LogP contribution in [-0.4, -0.2) is 49.3 Å². The zero-order valence-electron chi connectivity index (χ0n) is 12.7. The van der Waals surface area contributed by atoms with Crippen molar-refractivity contribution in [1.29, 1.82) is 0 Å². The van der Waals surface area contributed by atoms with E-state index in [9.17, 15) is 4.39 Å². The third-order valence-corrected chi connectivity index (χ3v) is 4.61. The van der Waals surface area contributed by atoms with Crippen LogP contribution in [0.5, 0.6) is 0 Å². The minimum atomic E-state index is -0.171. The average molecular weight is 292 g/mol. The van der Waals surface area contributed by atoms with Crippen LogP contribution < -0.4 is 5.32 Å². The van der Waals surface area contributed by atoms with Gasteiger partial charge >= 0.3 is 0 Å². The Labute approximate surface area is 126 Å². The zero-order valence-corrected chi connectivity index (χ0v) is 12.7. The maximum atomic E-state index is 12.9. The van der Waals surface area contributed by atoms with Crippen molar-refractivity contribution in [2.45, 2.75) is 44.4 Å². The molecule has 3 unspecified atom stereocenters. The summed E-state index contributed by atoms with van der Waals surface area (Å²) in [6.07, 6.45) is 3.82. The van der Waals surface area contributed by atoms with Crippen LogP contribution in [0.4, 0.5) is 4.39 Å². The molecule has 0 saturated carbocycles. The van der Waals surface area contributed by atoms with Crippen LogP contribution in [0.2, 0.25) is 0 Å². The molecule has 0 aromatic heterocycles. The predicted molar refractivity (Wildman–Crippen MR) is 81.9 cm³/mol. The second-order valence-electron chi connectivity index (χ2n) is 6.39. The molecule has 1 aromatic carbocycles. The van der Waals surface area contributed by atoms with Crippen LogP contribution in [0.3, 0.4) is 0 Å². The van der Waals surface area contributed by atoms with Gasteiger partial charge in [0.15, 0.2) is 0 Å². The molecular weight excluding hydrogens is 267 g/mol. The first-order valence-corrected chi connectivity index (χ1v) is 8.04. The van der Waals surface area contributed by atoms with Crippen molar-refractivity contribution in [2.75, 3.05) is 26.2 Å². The Morgan fingerprint density at radius 3 is 3.00 bits per heavy atom. The van der Waals surface area contributed by atoms with Crippen molar-refractivity contribution in [1.82, 2.24) is 10.2 Å². The summed E-state index contributed by atoms with van der Waals surface area (Å²) in [6.45, 7) is 6.24. The van der Waals surface area contributed by atoms with Crippen molar-refractivity contribution < 1.29 is 9.13 Å². The molecule has 0 spiro atoms. The fraction of sp³-hybridized carbons (Fsp3) is 0.647. The van der Waals surface area contributed by atoms with Gasteiger partial charge in [-0.05, 0) is 50.4 Å². The number of hydrogen-bond acceptors (Lipinski definition) is 3. The van der Waals surface area contributed by atoms with Crippen LogP contribution in [0.25, 0.3) is 0 Å². The summed E-state index contributed by atoms with van der Waals surface area (Å²) in [5, 5.41) is 3.55. The molecule has 21 heavy (non-hydrogen) atoms. The first kappa shape index (κ1) is 14.9. The number of hydrogen-bond donors (Lipinski definition) is 1. The molecule has 116 valence electrons. The smallest absolute Gasteiger partial charge is 0.123 e. The summed E-state index contributed by atoms with van der Waals surface area (Å²) in [4.78, 5) is 2.57. The quantitative estimate of drug-likeness (QED) is 0.900. The highest BCUT2D eigenvalue weighted by Gasteiger charge is 2.31. The van der Waals surface area contributed by atoms with E-state index in [1.807, 2.05) is 12.1 Å². The molecule has 0 radical (unpaired) electrons. The molecule has 1 N–H and O–H groups in total. The van der Waals surface area contributed by atoms with Crippen LogP contribution in [0, 0.1) is 5.82 Å². The van der Waals surface area contributed by atoms with Gasteiger partial charge in [-0.25, -0.2) is 4.39 Å². The summed E-state index contributed by atoms with van der Waals surface area (Å²) < 4.78 is 18.8. The van der Waals surface area contributed by atoms with E-state index in [4.69, 9.17) is 4.74 Å². The molecule has 0 amide bonds. The van der Waals surface area contributed by atoms with Gasteiger partial charge in [-0.1, -0.05) is 12.1 Å². The Hall–Kier alpha value is -0.970. The lowest BCUT2D eigenvalue weighted by Crippen LogP contribution is -2.50. The van der Waals surface area contributed by atoms with Gasteiger partial charge in [-0.3, -0.25) is 4.90 Å². The third kappa shape index (κ3) is 4.02. The van der Waals surface area contributed by atoms with Gasteiger partial charge in [0.25, 0.3) is 0 Å². The Balaban J connectivity index is 1.41. The molecule has 2 saturated heterocycles. The van der Waals surface area contributed by atoms with Crippen molar-refractivity contribution in [3.63, 3.8) is 0 Å². The molecule has 0 aliphatic carbocycles. The third-order valence-electron chi connectivity index (χ3n) is 4.61. The van der Waals surface area contributed by atoms with E-state index < -0.39 is 0 Å². The fourth-order valence-electron chi connectivity index (χ4n) is 3.39. The van der Waals surface area contributed by atoms with E-state index in [1.54, 1.807) is 0 Å². The summed E-state index contributed by atoms with van der Waals surface area (Å²) in [5.74, 6) is -0.171. The van der Waals surface area contributed by atoms with E-state index in [0.717, 1.165) is 26.1 Å². The van der Waals surface area contributed by atoms with Gasteiger partial charge in [0.1, 0.15) is 5.82 Å². The molecule has 1 aromatic rings. The number of nitrogens with zero attached hydrogens (tertiary/aromatic N) is 1. The molecule has 2 fully saturated rings. The monoisotopic (exact) mass is 292 g/mol. The standard InChI is InChI=1S/C17H25FN2O/c1-13(9-14-4-6-15(18)7-5-14)19-10-17-11-20-8-2-3-16(20)12-21-17/h4-7,13,16-17,19H,2-3,8-12H2,1H3. The SMILES string of the molecule is CC(Cc1ccc(F)cc1)NCC1CN2CCCC2CO1. The molecule has 2 aliphatic heterocycles. The Kier molecular flexibility index (Phi) is 4.88. The van der Waals surface area contributed by atoms with Crippen LogP contribution in [0.15, 0.2) is 24.3 Å². The van der Waals surface area contributed by atoms with E-state index >= 15 is 0 Å². The van der Waals surface area contributed by atoms with Gasteiger partial charge in [-0.15, -0.1) is 0 Å². The summed E-state index contributed by atoms with van der Waals surface area (Å²) in [6, 6.07) is 7.81. The van der Waals surface area contributed by atoms with E-state index in [1.165, 1.54) is 37.1 Å².